The van der Waals surface area contributed by atoms with E-state index in [-0.39, 0.29) is 21.1 Å². The third kappa shape index (κ3) is 7.32. The summed E-state index contributed by atoms with van der Waals surface area (Å²) in [5.74, 6) is 3.32. The second-order valence-electron chi connectivity index (χ2n) is 13.9. The van der Waals surface area contributed by atoms with E-state index in [0.29, 0.717) is 23.3 Å². The topological polar surface area (TPSA) is 44.9 Å². The number of hydrogen-bond acceptors (Lipinski definition) is 3. The molecule has 6 heteroatoms. The standard InChI is InChI=1S/C45H46N4O.Pt/c1-8-13-29(3)22-31(5)36-16-19-42-41(26-36)40-18-17-38(28-43(40)48(42)44-23-30(4)20-21-46-44)50-39-25-34(9-2)24-37(27-39)49-33(7)45(32(6)47-49)35-14-11-10-12-15-35;/h10-12,14-21,23-26,29,31H,8-9,13,22H2,1-7H3;/q-2;+2. The minimum absolute atomic E-state index is 0. The van der Waals surface area contributed by atoms with E-state index in [2.05, 4.69) is 132 Å². The van der Waals surface area contributed by atoms with Crippen LogP contribution in [-0.2, 0) is 27.5 Å². The molecule has 0 radical (unpaired) electrons. The van der Waals surface area contributed by atoms with Gasteiger partial charge in [0.2, 0.25) is 0 Å². The zero-order chi connectivity index (χ0) is 34.9. The molecule has 262 valence electrons. The average Bonchev–Trinajstić information content (AvgIpc) is 3.60. The third-order valence-electron chi connectivity index (χ3n) is 10.0. The Kier molecular flexibility index (Phi) is 11.0. The van der Waals surface area contributed by atoms with Crippen molar-refractivity contribution < 1.29 is 25.8 Å². The van der Waals surface area contributed by atoms with Gasteiger partial charge in [0, 0.05) is 34.5 Å². The van der Waals surface area contributed by atoms with Gasteiger partial charge in [-0.2, -0.15) is 16.7 Å². The molecule has 5 nitrogen and oxygen atoms in total. The maximum atomic E-state index is 6.61. The summed E-state index contributed by atoms with van der Waals surface area (Å²) in [4.78, 5) is 4.81. The average molecular weight is 854 g/mol. The number of benzene rings is 4. The van der Waals surface area contributed by atoms with Gasteiger partial charge in [-0.1, -0.05) is 94.9 Å². The zero-order valence-electron chi connectivity index (χ0n) is 30.7. The number of nitrogens with zero attached hydrogens (tertiary/aromatic N) is 4. The Labute approximate surface area is 317 Å². The second kappa shape index (κ2) is 15.4. The summed E-state index contributed by atoms with van der Waals surface area (Å²) in [6.45, 7) is 15.5. The van der Waals surface area contributed by atoms with Gasteiger partial charge in [0.25, 0.3) is 0 Å². The van der Waals surface area contributed by atoms with Crippen LogP contribution in [0, 0.1) is 38.8 Å². The van der Waals surface area contributed by atoms with Crippen molar-refractivity contribution in [1.82, 2.24) is 19.3 Å². The fourth-order valence-electron chi connectivity index (χ4n) is 7.51. The van der Waals surface area contributed by atoms with Crippen molar-refractivity contribution in [3.63, 3.8) is 0 Å². The monoisotopic (exact) mass is 853 g/mol. The Hall–Kier alpha value is -4.47. The van der Waals surface area contributed by atoms with Crippen LogP contribution >= 0.6 is 0 Å². The first-order valence-corrected chi connectivity index (χ1v) is 18.0. The molecule has 0 amide bonds. The molecule has 0 bridgehead atoms. The van der Waals surface area contributed by atoms with Crippen molar-refractivity contribution in [2.75, 3.05) is 0 Å². The Morgan fingerprint density at radius 2 is 1.63 bits per heavy atom. The summed E-state index contributed by atoms with van der Waals surface area (Å²) in [7, 11) is 0. The van der Waals surface area contributed by atoms with Crippen molar-refractivity contribution in [3.05, 3.63) is 131 Å². The molecular formula is C45H46N4OPt. The first-order valence-electron chi connectivity index (χ1n) is 18.0. The molecule has 0 spiro atoms. The van der Waals surface area contributed by atoms with Crippen LogP contribution in [0.3, 0.4) is 0 Å². The first kappa shape index (κ1) is 36.3. The molecule has 0 aliphatic carbocycles. The van der Waals surface area contributed by atoms with Gasteiger partial charge >= 0.3 is 21.1 Å². The van der Waals surface area contributed by atoms with Gasteiger partial charge in [0.05, 0.1) is 5.69 Å². The number of pyridine rings is 1. The fourth-order valence-corrected chi connectivity index (χ4v) is 7.51. The molecule has 0 saturated carbocycles. The Morgan fingerprint density at radius 3 is 2.37 bits per heavy atom. The molecule has 3 aromatic heterocycles. The molecule has 51 heavy (non-hydrogen) atoms. The predicted octanol–water partition coefficient (Wildman–Crippen LogP) is 11.8. The van der Waals surface area contributed by atoms with Gasteiger partial charge in [-0.25, -0.2) is 4.98 Å². The van der Waals surface area contributed by atoms with Crippen molar-refractivity contribution >= 4 is 21.8 Å². The zero-order valence-corrected chi connectivity index (χ0v) is 32.9. The molecule has 0 saturated heterocycles. The number of ether oxygens (including phenoxy) is 1. The van der Waals surface area contributed by atoms with Crippen molar-refractivity contribution in [2.24, 2.45) is 5.92 Å². The Morgan fingerprint density at radius 1 is 0.824 bits per heavy atom. The van der Waals surface area contributed by atoms with Gasteiger partial charge in [0.15, 0.2) is 0 Å². The van der Waals surface area contributed by atoms with Gasteiger partial charge < -0.3 is 9.30 Å². The minimum atomic E-state index is 0. The van der Waals surface area contributed by atoms with E-state index < -0.39 is 0 Å². The first-order chi connectivity index (χ1) is 24.2. The van der Waals surface area contributed by atoms with Crippen molar-refractivity contribution in [1.29, 1.82) is 0 Å². The SMILES string of the molecule is CCCC(C)CC(C)c1ccc2c(c1)c1ccc(Oc3[c-]c(-n4nc(C)c(-c5ccccc5)c4C)cc(CC)c3)[c-]c1n2-c1cc(C)ccn1.[Pt+2]. The number of aryl methyl sites for hydroxylation is 3. The van der Waals surface area contributed by atoms with Crippen LogP contribution < -0.4 is 4.74 Å². The summed E-state index contributed by atoms with van der Waals surface area (Å²) in [6, 6.07) is 37.1. The van der Waals surface area contributed by atoms with Crippen LogP contribution in [0.4, 0.5) is 0 Å². The molecule has 7 rings (SSSR count). The summed E-state index contributed by atoms with van der Waals surface area (Å²) in [6.07, 6.45) is 6.41. The Bertz CT molecular complexity index is 2300. The van der Waals surface area contributed by atoms with Crippen LogP contribution in [-0.4, -0.2) is 19.3 Å². The predicted molar refractivity (Wildman–Crippen MR) is 206 cm³/mol. The van der Waals surface area contributed by atoms with Crippen LogP contribution in [0.15, 0.2) is 91.1 Å². The Balaban J connectivity index is 0.00000448. The van der Waals surface area contributed by atoms with Crippen LogP contribution in [0.1, 0.15) is 81.0 Å². The number of fused-ring (bicyclic) bond motifs is 3. The fraction of sp³-hybridized carbons (Fsp3) is 0.289. The van der Waals surface area contributed by atoms with E-state index in [4.69, 9.17) is 14.8 Å². The smallest absolute Gasteiger partial charge is 0.509 e. The molecule has 3 heterocycles. The number of rotatable bonds is 11. The normalized spacial score (nSPS) is 12.6. The second-order valence-corrected chi connectivity index (χ2v) is 13.9. The third-order valence-corrected chi connectivity index (χ3v) is 10.0. The number of hydrogen-bond donors (Lipinski definition) is 0. The summed E-state index contributed by atoms with van der Waals surface area (Å²) in [5.41, 5.74) is 11.0. The quantitative estimate of drug-likeness (QED) is 0.122. The molecular weight excluding hydrogens is 808 g/mol. The molecule has 0 aliphatic rings. The van der Waals surface area contributed by atoms with Gasteiger partial charge in [0.1, 0.15) is 5.82 Å². The molecule has 0 N–H and O–H groups in total. The number of aromatic nitrogens is 4. The van der Waals surface area contributed by atoms with Crippen molar-refractivity contribution in [3.8, 4) is 34.1 Å². The van der Waals surface area contributed by atoms with E-state index in [9.17, 15) is 0 Å². The van der Waals surface area contributed by atoms with Crippen LogP contribution in [0.25, 0.3) is 44.4 Å². The summed E-state index contributed by atoms with van der Waals surface area (Å²) in [5, 5.41) is 7.29. The minimum Gasteiger partial charge on any atom is -0.509 e. The van der Waals surface area contributed by atoms with E-state index in [1.807, 2.05) is 29.1 Å². The van der Waals surface area contributed by atoms with Gasteiger partial charge in [-0.15, -0.1) is 35.7 Å². The van der Waals surface area contributed by atoms with Crippen molar-refractivity contribution in [2.45, 2.75) is 80.1 Å². The summed E-state index contributed by atoms with van der Waals surface area (Å²) < 4.78 is 10.8. The van der Waals surface area contributed by atoms with Gasteiger partial charge in [-0.05, 0) is 85.0 Å². The molecule has 0 aliphatic heterocycles. The largest absolute Gasteiger partial charge is 2.00 e. The molecule has 0 fully saturated rings. The van der Waals surface area contributed by atoms with Crippen LogP contribution in [0.2, 0.25) is 0 Å². The maximum Gasteiger partial charge on any atom is 2.00 e. The van der Waals surface area contributed by atoms with Gasteiger partial charge in [-0.3, -0.25) is 4.68 Å². The molecule has 4 aromatic carbocycles. The van der Waals surface area contributed by atoms with E-state index in [1.54, 1.807) is 0 Å². The molecule has 2 unspecified atom stereocenters. The van der Waals surface area contributed by atoms with Crippen LogP contribution in [0.5, 0.6) is 11.5 Å². The molecule has 7 aromatic rings. The van der Waals surface area contributed by atoms with E-state index in [0.717, 1.165) is 68.0 Å². The summed E-state index contributed by atoms with van der Waals surface area (Å²) >= 11 is 0. The molecule has 2 atom stereocenters. The maximum absolute atomic E-state index is 6.61. The van der Waals surface area contributed by atoms with E-state index >= 15 is 0 Å². The van der Waals surface area contributed by atoms with E-state index in [1.165, 1.54) is 30.2 Å².